The summed E-state index contributed by atoms with van der Waals surface area (Å²) < 4.78 is 1.89. The van der Waals surface area contributed by atoms with Gasteiger partial charge < -0.3 is 5.32 Å². The fraction of sp³-hybridized carbons (Fsp3) is 0.273. The molecule has 2 aromatic heterocycles. The van der Waals surface area contributed by atoms with E-state index in [-0.39, 0.29) is 0 Å². The van der Waals surface area contributed by atoms with Crippen molar-refractivity contribution in [2.75, 3.05) is 5.32 Å². The van der Waals surface area contributed by atoms with Crippen LogP contribution in [0.1, 0.15) is 12.5 Å². The smallest absolute Gasteiger partial charge is 0.152 e. The quantitative estimate of drug-likeness (QED) is 0.830. The van der Waals surface area contributed by atoms with Crippen molar-refractivity contribution in [3.63, 3.8) is 0 Å². The summed E-state index contributed by atoms with van der Waals surface area (Å²) in [5, 5.41) is 7.91. The number of nitrogens with zero attached hydrogens (tertiary/aromatic N) is 3. The number of halogens is 1. The van der Waals surface area contributed by atoms with E-state index in [0.717, 1.165) is 17.8 Å². The van der Waals surface area contributed by atoms with Gasteiger partial charge >= 0.3 is 0 Å². The molecule has 2 rings (SSSR count). The van der Waals surface area contributed by atoms with Crippen molar-refractivity contribution in [3.05, 3.63) is 41.4 Å². The van der Waals surface area contributed by atoms with Gasteiger partial charge in [-0.1, -0.05) is 11.6 Å². The van der Waals surface area contributed by atoms with Gasteiger partial charge in [-0.2, -0.15) is 5.10 Å². The van der Waals surface area contributed by atoms with Gasteiger partial charge in [0.2, 0.25) is 0 Å². The zero-order valence-electron chi connectivity index (χ0n) is 9.02. The van der Waals surface area contributed by atoms with Gasteiger partial charge in [-0.3, -0.25) is 4.68 Å². The summed E-state index contributed by atoms with van der Waals surface area (Å²) in [4.78, 5) is 3.99. The summed E-state index contributed by atoms with van der Waals surface area (Å²) in [5.41, 5.74) is 1.97. The highest BCUT2D eigenvalue weighted by Crippen LogP contribution is 2.18. The Labute approximate surface area is 99.3 Å². The topological polar surface area (TPSA) is 42.7 Å². The molecule has 0 unspecified atom stereocenters. The van der Waals surface area contributed by atoms with Crippen LogP contribution in [0.25, 0.3) is 0 Å². The van der Waals surface area contributed by atoms with Crippen LogP contribution in [0.3, 0.4) is 0 Å². The maximum absolute atomic E-state index is 5.93. The Kier molecular flexibility index (Phi) is 3.41. The summed E-state index contributed by atoms with van der Waals surface area (Å²) in [6.45, 7) is 3.64. The van der Waals surface area contributed by atoms with E-state index >= 15 is 0 Å². The zero-order valence-corrected chi connectivity index (χ0v) is 9.78. The number of rotatable bonds is 4. The lowest BCUT2D eigenvalue weighted by molar-refractivity contribution is 0.659. The Morgan fingerprint density at radius 2 is 2.38 bits per heavy atom. The molecule has 0 aliphatic rings. The van der Waals surface area contributed by atoms with E-state index in [0.29, 0.717) is 11.7 Å². The normalized spacial score (nSPS) is 10.4. The van der Waals surface area contributed by atoms with Gasteiger partial charge in [0, 0.05) is 31.0 Å². The SMILES string of the molecule is CCn1cc(CNc2cccnc2Cl)cn1. The van der Waals surface area contributed by atoms with Crippen molar-refractivity contribution < 1.29 is 0 Å². The van der Waals surface area contributed by atoms with E-state index in [1.54, 1.807) is 6.20 Å². The van der Waals surface area contributed by atoms with Crippen molar-refractivity contribution in [3.8, 4) is 0 Å². The first-order valence-corrected chi connectivity index (χ1v) is 5.53. The highest BCUT2D eigenvalue weighted by atomic mass is 35.5. The van der Waals surface area contributed by atoms with E-state index < -0.39 is 0 Å². The lowest BCUT2D eigenvalue weighted by Gasteiger charge is -2.05. The van der Waals surface area contributed by atoms with Crippen LogP contribution in [0.15, 0.2) is 30.7 Å². The largest absolute Gasteiger partial charge is 0.378 e. The van der Waals surface area contributed by atoms with Crippen LogP contribution in [0.4, 0.5) is 5.69 Å². The third kappa shape index (κ3) is 2.52. The monoisotopic (exact) mass is 236 g/mol. The molecule has 0 radical (unpaired) electrons. The van der Waals surface area contributed by atoms with Crippen molar-refractivity contribution in [1.29, 1.82) is 0 Å². The summed E-state index contributed by atoms with van der Waals surface area (Å²) in [6, 6.07) is 3.75. The molecule has 1 N–H and O–H groups in total. The molecule has 0 aliphatic heterocycles. The predicted molar refractivity (Wildman–Crippen MR) is 64.5 cm³/mol. The second kappa shape index (κ2) is 4.99. The third-order valence-electron chi connectivity index (χ3n) is 2.25. The summed E-state index contributed by atoms with van der Waals surface area (Å²) >= 11 is 5.93. The van der Waals surface area contributed by atoms with Crippen molar-refractivity contribution in [2.24, 2.45) is 0 Å². The molecular formula is C11H13ClN4. The molecule has 4 nitrogen and oxygen atoms in total. The average Bonchev–Trinajstić information content (AvgIpc) is 2.76. The summed E-state index contributed by atoms with van der Waals surface area (Å²) in [6.07, 6.45) is 5.53. The van der Waals surface area contributed by atoms with E-state index in [1.807, 2.05) is 29.2 Å². The first-order chi connectivity index (χ1) is 7.79. The molecule has 0 saturated heterocycles. The molecule has 0 atom stereocenters. The molecule has 16 heavy (non-hydrogen) atoms. The van der Waals surface area contributed by atoms with Crippen LogP contribution < -0.4 is 5.32 Å². The minimum atomic E-state index is 0.491. The van der Waals surface area contributed by atoms with Crippen LogP contribution in [0.2, 0.25) is 5.15 Å². The van der Waals surface area contributed by atoms with Crippen LogP contribution in [-0.2, 0) is 13.1 Å². The molecule has 84 valence electrons. The van der Waals surface area contributed by atoms with Crippen LogP contribution in [0.5, 0.6) is 0 Å². The fourth-order valence-corrected chi connectivity index (χ4v) is 1.57. The number of hydrogen-bond acceptors (Lipinski definition) is 3. The van der Waals surface area contributed by atoms with Gasteiger partial charge in [0.05, 0.1) is 11.9 Å². The Morgan fingerprint density at radius 1 is 1.50 bits per heavy atom. The van der Waals surface area contributed by atoms with Gasteiger partial charge in [-0.15, -0.1) is 0 Å². The van der Waals surface area contributed by atoms with E-state index in [2.05, 4.69) is 22.3 Å². The highest BCUT2D eigenvalue weighted by Gasteiger charge is 2.01. The molecule has 0 bridgehead atoms. The lowest BCUT2D eigenvalue weighted by atomic mass is 10.3. The number of anilines is 1. The molecule has 2 heterocycles. The minimum absolute atomic E-state index is 0.491. The Bertz CT molecular complexity index is 467. The molecule has 2 aromatic rings. The highest BCUT2D eigenvalue weighted by molar-refractivity contribution is 6.31. The fourth-order valence-electron chi connectivity index (χ4n) is 1.39. The van der Waals surface area contributed by atoms with Gasteiger partial charge in [-0.25, -0.2) is 4.98 Å². The van der Waals surface area contributed by atoms with Crippen molar-refractivity contribution >= 4 is 17.3 Å². The van der Waals surface area contributed by atoms with Crippen LogP contribution in [-0.4, -0.2) is 14.8 Å². The van der Waals surface area contributed by atoms with Crippen molar-refractivity contribution in [1.82, 2.24) is 14.8 Å². The lowest BCUT2D eigenvalue weighted by Crippen LogP contribution is -1.99. The number of pyridine rings is 1. The van der Waals surface area contributed by atoms with Gasteiger partial charge in [0.25, 0.3) is 0 Å². The first kappa shape index (κ1) is 11.0. The van der Waals surface area contributed by atoms with Crippen molar-refractivity contribution in [2.45, 2.75) is 20.0 Å². The standard InChI is InChI=1S/C11H13ClN4/c1-2-16-8-9(7-15-16)6-14-10-4-3-5-13-11(10)12/h3-5,7-8,14H,2,6H2,1H3. The first-order valence-electron chi connectivity index (χ1n) is 5.15. The molecule has 5 heteroatoms. The maximum atomic E-state index is 5.93. The Morgan fingerprint density at radius 3 is 3.06 bits per heavy atom. The number of aromatic nitrogens is 3. The number of aryl methyl sites for hydroxylation is 1. The van der Waals surface area contributed by atoms with Gasteiger partial charge in [-0.05, 0) is 19.1 Å². The second-order valence-electron chi connectivity index (χ2n) is 3.40. The number of nitrogens with one attached hydrogen (secondary N) is 1. The maximum Gasteiger partial charge on any atom is 0.152 e. The third-order valence-corrected chi connectivity index (χ3v) is 2.55. The zero-order chi connectivity index (χ0) is 11.4. The molecular weight excluding hydrogens is 224 g/mol. The van der Waals surface area contributed by atoms with Gasteiger partial charge in [0.15, 0.2) is 5.15 Å². The van der Waals surface area contributed by atoms with E-state index in [4.69, 9.17) is 11.6 Å². The van der Waals surface area contributed by atoms with Crippen LogP contribution in [0, 0.1) is 0 Å². The summed E-state index contributed by atoms with van der Waals surface area (Å²) in [5.74, 6) is 0. The number of hydrogen-bond donors (Lipinski definition) is 1. The molecule has 0 aromatic carbocycles. The molecule has 0 spiro atoms. The molecule has 0 aliphatic carbocycles. The molecule has 0 amide bonds. The van der Waals surface area contributed by atoms with Crippen LogP contribution >= 0.6 is 11.6 Å². The Hall–Kier alpha value is -1.55. The van der Waals surface area contributed by atoms with Gasteiger partial charge in [0.1, 0.15) is 0 Å². The predicted octanol–water partition coefficient (Wildman–Crippen LogP) is 2.56. The van der Waals surface area contributed by atoms with E-state index in [1.165, 1.54) is 0 Å². The molecule has 0 fully saturated rings. The average molecular weight is 237 g/mol. The second-order valence-corrected chi connectivity index (χ2v) is 3.76. The summed E-state index contributed by atoms with van der Waals surface area (Å²) in [7, 11) is 0. The van der Waals surface area contributed by atoms with E-state index in [9.17, 15) is 0 Å². The Balaban J connectivity index is 1.99. The minimum Gasteiger partial charge on any atom is -0.378 e. The molecule has 0 saturated carbocycles.